The van der Waals surface area contributed by atoms with Crippen LogP contribution in [-0.4, -0.2) is 48.4 Å². The summed E-state index contributed by atoms with van der Waals surface area (Å²) < 4.78 is 25.5. The van der Waals surface area contributed by atoms with Gasteiger partial charge in [0.25, 0.3) is 0 Å². The van der Waals surface area contributed by atoms with Crippen LogP contribution in [0.2, 0.25) is 0 Å². The highest BCUT2D eigenvalue weighted by molar-refractivity contribution is 7.88. The summed E-state index contributed by atoms with van der Waals surface area (Å²) in [6.07, 6.45) is 2.74. The molecule has 0 aliphatic rings. The van der Waals surface area contributed by atoms with Crippen molar-refractivity contribution < 1.29 is 13.2 Å². The maximum absolute atomic E-state index is 13.0. The van der Waals surface area contributed by atoms with Crippen LogP contribution in [0.1, 0.15) is 16.8 Å². The van der Waals surface area contributed by atoms with Crippen molar-refractivity contribution in [2.24, 2.45) is 0 Å². The first-order valence-corrected chi connectivity index (χ1v) is 11.3. The molecule has 0 saturated heterocycles. The SMILES string of the molecule is Cc1cc(C)c2sc(N(Cc3ccccn3)C(=O)CN(C)S(C)(=O)=O)nc2c1. The summed E-state index contributed by atoms with van der Waals surface area (Å²) in [6, 6.07) is 9.53. The van der Waals surface area contributed by atoms with Gasteiger partial charge in [-0.2, -0.15) is 4.31 Å². The molecule has 0 saturated carbocycles. The second kappa shape index (κ2) is 7.94. The number of aromatic nitrogens is 2. The second-order valence-electron chi connectivity index (χ2n) is 6.75. The van der Waals surface area contributed by atoms with Gasteiger partial charge in [0.15, 0.2) is 5.13 Å². The van der Waals surface area contributed by atoms with Crippen molar-refractivity contribution in [3.05, 3.63) is 53.3 Å². The molecule has 0 N–H and O–H groups in total. The smallest absolute Gasteiger partial charge is 0.244 e. The third-order valence-electron chi connectivity index (χ3n) is 4.31. The largest absolute Gasteiger partial charge is 0.281 e. The molecule has 3 rings (SSSR count). The molecule has 7 nitrogen and oxygen atoms in total. The molecule has 0 unspecified atom stereocenters. The fraction of sp³-hybridized carbons (Fsp3) is 0.316. The lowest BCUT2D eigenvalue weighted by atomic mass is 10.1. The van der Waals surface area contributed by atoms with E-state index in [1.54, 1.807) is 12.3 Å². The Hall–Kier alpha value is -2.36. The van der Waals surface area contributed by atoms with Gasteiger partial charge in [-0.3, -0.25) is 14.7 Å². The summed E-state index contributed by atoms with van der Waals surface area (Å²) in [6.45, 7) is 3.97. The molecule has 1 amide bonds. The molecular formula is C19H22N4O3S2. The number of carbonyl (C=O) groups excluding carboxylic acids is 1. The van der Waals surface area contributed by atoms with Crippen LogP contribution in [0.5, 0.6) is 0 Å². The lowest BCUT2D eigenvalue weighted by Gasteiger charge is -2.22. The Bertz CT molecular complexity index is 1110. The number of benzene rings is 1. The third-order valence-corrected chi connectivity index (χ3v) is 6.80. The maximum atomic E-state index is 13.0. The van der Waals surface area contributed by atoms with Crippen LogP contribution in [0.15, 0.2) is 36.5 Å². The molecule has 3 aromatic rings. The average Bonchev–Trinajstić information content (AvgIpc) is 3.03. The number of sulfonamides is 1. The van der Waals surface area contributed by atoms with E-state index in [-0.39, 0.29) is 19.0 Å². The molecular weight excluding hydrogens is 396 g/mol. The standard InChI is InChI=1S/C19H22N4O3S2/c1-13-9-14(2)18-16(10-13)21-19(27-18)23(11-15-7-5-6-8-20-15)17(24)12-22(3)28(4,25)26/h5-10H,11-12H2,1-4H3. The molecule has 1 aromatic carbocycles. The Morgan fingerprint density at radius 1 is 1.21 bits per heavy atom. The van der Waals surface area contributed by atoms with E-state index in [2.05, 4.69) is 16.0 Å². The fourth-order valence-electron chi connectivity index (χ4n) is 2.79. The molecule has 2 aromatic heterocycles. The Kier molecular flexibility index (Phi) is 5.78. The van der Waals surface area contributed by atoms with Gasteiger partial charge in [0.05, 0.1) is 35.3 Å². The molecule has 0 bridgehead atoms. The van der Waals surface area contributed by atoms with E-state index in [4.69, 9.17) is 0 Å². The van der Waals surface area contributed by atoms with Crippen LogP contribution in [0.25, 0.3) is 10.2 Å². The van der Waals surface area contributed by atoms with Crippen LogP contribution in [0.4, 0.5) is 5.13 Å². The lowest BCUT2D eigenvalue weighted by Crippen LogP contribution is -2.40. The van der Waals surface area contributed by atoms with E-state index in [9.17, 15) is 13.2 Å². The monoisotopic (exact) mass is 418 g/mol. The molecule has 9 heteroatoms. The minimum atomic E-state index is -3.47. The van der Waals surface area contributed by atoms with Gasteiger partial charge in [-0.15, -0.1) is 0 Å². The average molecular weight is 419 g/mol. The molecule has 0 fully saturated rings. The molecule has 28 heavy (non-hydrogen) atoms. The summed E-state index contributed by atoms with van der Waals surface area (Å²) in [5.74, 6) is -0.355. The number of thiazole rings is 1. The first-order valence-electron chi connectivity index (χ1n) is 8.64. The fourth-order valence-corrected chi connectivity index (χ4v) is 4.17. The first kappa shape index (κ1) is 20.4. The summed E-state index contributed by atoms with van der Waals surface area (Å²) in [4.78, 5) is 23.4. The number of rotatable bonds is 6. The molecule has 148 valence electrons. The number of fused-ring (bicyclic) bond motifs is 1. The van der Waals surface area contributed by atoms with Gasteiger partial charge in [-0.05, 0) is 43.2 Å². The predicted octanol–water partition coefficient (Wildman–Crippen LogP) is 2.73. The Labute approximate surface area is 168 Å². The van der Waals surface area contributed by atoms with Gasteiger partial charge in [0.2, 0.25) is 15.9 Å². The van der Waals surface area contributed by atoms with Crippen LogP contribution in [-0.2, 0) is 21.4 Å². The topological polar surface area (TPSA) is 83.5 Å². The molecule has 0 radical (unpaired) electrons. The van der Waals surface area contributed by atoms with Crippen LogP contribution < -0.4 is 4.90 Å². The minimum Gasteiger partial charge on any atom is -0.281 e. The number of likely N-dealkylation sites (N-methyl/N-ethyl adjacent to an activating group) is 1. The zero-order valence-corrected chi connectivity index (χ0v) is 17.8. The van der Waals surface area contributed by atoms with Crippen molar-refractivity contribution in [2.75, 3.05) is 24.7 Å². The van der Waals surface area contributed by atoms with Crippen LogP contribution in [0.3, 0.4) is 0 Å². The normalized spacial score (nSPS) is 11.9. The number of amides is 1. The number of carbonyl (C=O) groups is 1. The van der Waals surface area contributed by atoms with E-state index in [0.29, 0.717) is 10.8 Å². The third kappa shape index (κ3) is 4.54. The van der Waals surface area contributed by atoms with Gasteiger partial charge in [0.1, 0.15) is 0 Å². The van der Waals surface area contributed by atoms with Gasteiger partial charge in [-0.25, -0.2) is 13.4 Å². The number of nitrogens with zero attached hydrogens (tertiary/aromatic N) is 4. The predicted molar refractivity (Wildman–Crippen MR) is 112 cm³/mol. The van der Waals surface area contributed by atoms with Crippen molar-refractivity contribution in [1.82, 2.24) is 14.3 Å². The minimum absolute atomic E-state index is 0.217. The molecule has 0 aliphatic carbocycles. The molecule has 0 spiro atoms. The van der Waals surface area contributed by atoms with E-state index >= 15 is 0 Å². The summed E-state index contributed by atoms with van der Waals surface area (Å²) in [5, 5.41) is 0.529. The van der Waals surface area contributed by atoms with Crippen molar-refractivity contribution in [3.63, 3.8) is 0 Å². The number of pyridine rings is 1. The highest BCUT2D eigenvalue weighted by Crippen LogP contribution is 2.32. The quantitative estimate of drug-likeness (QED) is 0.615. The highest BCUT2D eigenvalue weighted by Gasteiger charge is 2.25. The van der Waals surface area contributed by atoms with Crippen molar-refractivity contribution in [3.8, 4) is 0 Å². The molecule has 2 heterocycles. The zero-order chi connectivity index (χ0) is 20.5. The highest BCUT2D eigenvalue weighted by atomic mass is 32.2. The van der Waals surface area contributed by atoms with E-state index in [1.807, 2.05) is 32.0 Å². The Morgan fingerprint density at radius 2 is 1.96 bits per heavy atom. The summed E-state index contributed by atoms with van der Waals surface area (Å²) in [5.41, 5.74) is 3.72. The Morgan fingerprint density at radius 3 is 2.61 bits per heavy atom. The van der Waals surface area contributed by atoms with Crippen LogP contribution >= 0.6 is 11.3 Å². The van der Waals surface area contributed by atoms with Gasteiger partial charge >= 0.3 is 0 Å². The van der Waals surface area contributed by atoms with Gasteiger partial charge in [0, 0.05) is 13.2 Å². The van der Waals surface area contributed by atoms with Crippen molar-refractivity contribution in [1.29, 1.82) is 0 Å². The molecule has 0 aliphatic heterocycles. The lowest BCUT2D eigenvalue weighted by molar-refractivity contribution is -0.118. The van der Waals surface area contributed by atoms with E-state index < -0.39 is 10.0 Å². The number of hydrogen-bond acceptors (Lipinski definition) is 6. The molecule has 0 atom stereocenters. The number of hydrogen-bond donors (Lipinski definition) is 0. The van der Waals surface area contributed by atoms with Crippen LogP contribution in [0, 0.1) is 13.8 Å². The van der Waals surface area contributed by atoms with Gasteiger partial charge < -0.3 is 0 Å². The zero-order valence-electron chi connectivity index (χ0n) is 16.2. The van der Waals surface area contributed by atoms with E-state index in [1.165, 1.54) is 23.3 Å². The maximum Gasteiger partial charge on any atom is 0.244 e. The second-order valence-corrected chi connectivity index (χ2v) is 9.81. The number of aryl methyl sites for hydroxylation is 2. The van der Waals surface area contributed by atoms with E-state index in [0.717, 1.165) is 31.9 Å². The summed E-state index contributed by atoms with van der Waals surface area (Å²) >= 11 is 1.42. The Balaban J connectivity index is 2.00. The number of anilines is 1. The van der Waals surface area contributed by atoms with Crippen molar-refractivity contribution >= 4 is 42.6 Å². The summed E-state index contributed by atoms with van der Waals surface area (Å²) in [7, 11) is -2.08. The van der Waals surface area contributed by atoms with Crippen molar-refractivity contribution in [2.45, 2.75) is 20.4 Å². The van der Waals surface area contributed by atoms with Gasteiger partial charge in [-0.1, -0.05) is 23.5 Å². The first-order chi connectivity index (χ1) is 13.1.